The molecule has 0 radical (unpaired) electrons. The Morgan fingerprint density at radius 1 is 1.42 bits per heavy atom. The summed E-state index contributed by atoms with van der Waals surface area (Å²) in [5, 5.41) is 2.25. The highest BCUT2D eigenvalue weighted by Gasteiger charge is 2.12. The second-order valence-electron chi connectivity index (χ2n) is 3.74. The second-order valence-corrected chi connectivity index (χ2v) is 4.60. The normalized spacial score (nSPS) is 10.3. The fraction of sp³-hybridized carbons (Fsp3) is 0.231. The molecule has 2 rings (SSSR count). The van der Waals surface area contributed by atoms with Crippen LogP contribution in [-0.2, 0) is 16.0 Å². The molecule has 0 spiro atoms. The number of ether oxygens (including phenoxy) is 2. The zero-order valence-corrected chi connectivity index (χ0v) is 11.3. The number of carbonyl (C=O) groups excluding carboxylic acids is 1. The maximum atomic E-state index is 13.9. The number of rotatable bonds is 4. The number of nitrogens with zero attached hydrogens (tertiary/aromatic N) is 1. The Hall–Kier alpha value is -1.95. The van der Waals surface area contributed by atoms with E-state index in [0.717, 1.165) is 0 Å². The third-order valence-corrected chi connectivity index (χ3v) is 3.44. The van der Waals surface area contributed by atoms with Gasteiger partial charge in [0.25, 0.3) is 0 Å². The van der Waals surface area contributed by atoms with Crippen molar-refractivity contribution >= 4 is 17.3 Å². The van der Waals surface area contributed by atoms with Gasteiger partial charge in [0.1, 0.15) is 16.6 Å². The molecule has 0 fully saturated rings. The van der Waals surface area contributed by atoms with E-state index in [4.69, 9.17) is 4.74 Å². The van der Waals surface area contributed by atoms with Crippen molar-refractivity contribution in [3.63, 3.8) is 0 Å². The quantitative estimate of drug-likeness (QED) is 0.808. The number of hydrogen-bond acceptors (Lipinski definition) is 5. The summed E-state index contributed by atoms with van der Waals surface area (Å²) in [4.78, 5) is 15.4. The fourth-order valence-electron chi connectivity index (χ4n) is 1.53. The van der Waals surface area contributed by atoms with Gasteiger partial charge in [-0.15, -0.1) is 11.3 Å². The number of aromatic nitrogens is 1. The molecule has 0 N–H and O–H groups in total. The van der Waals surface area contributed by atoms with Crippen LogP contribution in [0, 0.1) is 5.82 Å². The molecule has 0 saturated carbocycles. The number of esters is 1. The van der Waals surface area contributed by atoms with Crippen molar-refractivity contribution in [3.8, 4) is 16.3 Å². The van der Waals surface area contributed by atoms with E-state index in [2.05, 4.69) is 9.72 Å². The van der Waals surface area contributed by atoms with Crippen LogP contribution in [0.1, 0.15) is 5.69 Å². The van der Waals surface area contributed by atoms with Gasteiger partial charge in [0.2, 0.25) is 0 Å². The molecule has 2 aromatic rings. The van der Waals surface area contributed by atoms with E-state index >= 15 is 0 Å². The van der Waals surface area contributed by atoms with E-state index in [-0.39, 0.29) is 12.4 Å². The van der Waals surface area contributed by atoms with Gasteiger partial charge >= 0.3 is 5.97 Å². The van der Waals surface area contributed by atoms with Gasteiger partial charge in [0, 0.05) is 17.0 Å². The molecule has 100 valence electrons. The van der Waals surface area contributed by atoms with Crippen LogP contribution >= 0.6 is 11.3 Å². The first-order valence-electron chi connectivity index (χ1n) is 5.49. The smallest absolute Gasteiger partial charge is 0.311 e. The highest BCUT2D eigenvalue weighted by atomic mass is 32.1. The molecule has 4 nitrogen and oxygen atoms in total. The summed E-state index contributed by atoms with van der Waals surface area (Å²) < 4.78 is 23.4. The predicted molar refractivity (Wildman–Crippen MR) is 69.8 cm³/mol. The molecule has 0 aliphatic carbocycles. The number of carbonyl (C=O) groups is 1. The average molecular weight is 281 g/mol. The number of hydrogen-bond donors (Lipinski definition) is 0. The minimum atomic E-state index is -0.404. The zero-order valence-electron chi connectivity index (χ0n) is 10.5. The molecule has 19 heavy (non-hydrogen) atoms. The first-order chi connectivity index (χ1) is 9.13. The summed E-state index contributed by atoms with van der Waals surface area (Å²) in [7, 11) is 2.80. The van der Waals surface area contributed by atoms with Gasteiger partial charge in [0.05, 0.1) is 26.3 Å². The molecule has 0 amide bonds. The fourth-order valence-corrected chi connectivity index (χ4v) is 2.37. The van der Waals surface area contributed by atoms with Gasteiger partial charge in [0.15, 0.2) is 0 Å². The maximum Gasteiger partial charge on any atom is 0.311 e. The third kappa shape index (κ3) is 3.08. The summed E-state index contributed by atoms with van der Waals surface area (Å²) >= 11 is 1.28. The predicted octanol–water partition coefficient (Wildman–Crippen LogP) is 2.67. The molecule has 0 atom stereocenters. The molecule has 0 aliphatic heterocycles. The van der Waals surface area contributed by atoms with Crippen LogP contribution in [0.2, 0.25) is 0 Å². The lowest BCUT2D eigenvalue weighted by Crippen LogP contribution is -2.04. The Kier molecular flexibility index (Phi) is 4.11. The monoisotopic (exact) mass is 281 g/mol. The van der Waals surface area contributed by atoms with Crippen LogP contribution in [0.4, 0.5) is 4.39 Å². The Morgan fingerprint density at radius 3 is 2.84 bits per heavy atom. The minimum absolute atomic E-state index is 0.0881. The highest BCUT2D eigenvalue weighted by Crippen LogP contribution is 2.28. The van der Waals surface area contributed by atoms with Gasteiger partial charge in [-0.05, 0) is 12.1 Å². The molecule has 0 aliphatic rings. The maximum absolute atomic E-state index is 13.9. The molecule has 0 saturated heterocycles. The second kappa shape index (κ2) is 5.79. The largest absolute Gasteiger partial charge is 0.497 e. The van der Waals surface area contributed by atoms with Crippen molar-refractivity contribution in [3.05, 3.63) is 35.1 Å². The van der Waals surface area contributed by atoms with E-state index in [0.29, 0.717) is 22.0 Å². The van der Waals surface area contributed by atoms with Gasteiger partial charge in [-0.25, -0.2) is 9.37 Å². The van der Waals surface area contributed by atoms with Crippen LogP contribution in [-0.4, -0.2) is 25.2 Å². The Bertz CT molecular complexity index is 597. The van der Waals surface area contributed by atoms with Crippen molar-refractivity contribution < 1.29 is 18.7 Å². The first-order valence-corrected chi connectivity index (χ1v) is 6.37. The average Bonchev–Trinajstić information content (AvgIpc) is 2.86. The number of halogens is 1. The van der Waals surface area contributed by atoms with E-state index < -0.39 is 5.82 Å². The van der Waals surface area contributed by atoms with Crippen LogP contribution in [0.3, 0.4) is 0 Å². The lowest BCUT2D eigenvalue weighted by molar-refractivity contribution is -0.139. The van der Waals surface area contributed by atoms with Crippen molar-refractivity contribution in [2.24, 2.45) is 0 Å². The number of thiazole rings is 1. The van der Waals surface area contributed by atoms with Crippen molar-refractivity contribution in [1.29, 1.82) is 0 Å². The molecule has 1 aromatic heterocycles. The van der Waals surface area contributed by atoms with Crippen molar-refractivity contribution in [2.45, 2.75) is 6.42 Å². The van der Waals surface area contributed by atoms with Crippen molar-refractivity contribution in [2.75, 3.05) is 14.2 Å². The third-order valence-electron chi connectivity index (χ3n) is 2.51. The molecule has 1 heterocycles. The van der Waals surface area contributed by atoms with E-state index in [9.17, 15) is 9.18 Å². The van der Waals surface area contributed by atoms with Crippen molar-refractivity contribution in [1.82, 2.24) is 4.98 Å². The lowest BCUT2D eigenvalue weighted by Gasteiger charge is -2.02. The van der Waals surface area contributed by atoms with Crippen LogP contribution < -0.4 is 4.74 Å². The highest BCUT2D eigenvalue weighted by molar-refractivity contribution is 7.13. The first kappa shape index (κ1) is 13.5. The zero-order chi connectivity index (χ0) is 13.8. The van der Waals surface area contributed by atoms with E-state index in [1.54, 1.807) is 17.5 Å². The number of methoxy groups -OCH3 is 2. The van der Waals surface area contributed by atoms with Gasteiger partial charge < -0.3 is 9.47 Å². The molecule has 0 unspecified atom stereocenters. The lowest BCUT2D eigenvalue weighted by atomic mass is 10.2. The molecule has 0 bridgehead atoms. The summed E-state index contributed by atoms with van der Waals surface area (Å²) in [5.41, 5.74) is 0.962. The molecule has 6 heteroatoms. The summed E-state index contributed by atoms with van der Waals surface area (Å²) in [5.74, 6) is -0.321. The van der Waals surface area contributed by atoms with Crippen LogP contribution in [0.15, 0.2) is 23.6 Å². The van der Waals surface area contributed by atoms with Gasteiger partial charge in [-0.3, -0.25) is 4.79 Å². The summed E-state index contributed by atoms with van der Waals surface area (Å²) in [6, 6.07) is 4.57. The standard InChI is InChI=1S/C13H12FNO3S/c1-17-9-3-4-10(11(14)6-9)13-15-8(7-19-13)5-12(16)18-2/h3-4,6-7H,5H2,1-2H3. The van der Waals surface area contributed by atoms with E-state index in [1.165, 1.54) is 31.6 Å². The summed E-state index contributed by atoms with van der Waals surface area (Å²) in [6.07, 6.45) is 0.0881. The van der Waals surface area contributed by atoms with Gasteiger partial charge in [-0.1, -0.05) is 0 Å². The Labute approximate surface area is 113 Å². The topological polar surface area (TPSA) is 48.4 Å². The SMILES string of the molecule is COC(=O)Cc1csc(-c2ccc(OC)cc2F)n1. The van der Waals surface area contributed by atoms with Crippen LogP contribution in [0.5, 0.6) is 5.75 Å². The molecular weight excluding hydrogens is 269 g/mol. The van der Waals surface area contributed by atoms with Crippen LogP contribution in [0.25, 0.3) is 10.6 Å². The van der Waals surface area contributed by atoms with E-state index in [1.807, 2.05) is 0 Å². The summed E-state index contributed by atoms with van der Waals surface area (Å²) in [6.45, 7) is 0. The van der Waals surface area contributed by atoms with Gasteiger partial charge in [-0.2, -0.15) is 0 Å². The Morgan fingerprint density at radius 2 is 2.21 bits per heavy atom. The molecule has 1 aromatic carbocycles. The number of benzene rings is 1. The Balaban J connectivity index is 2.25. The minimum Gasteiger partial charge on any atom is -0.497 e. The molecular formula is C13H12FNO3S.